The van der Waals surface area contributed by atoms with Crippen LogP contribution in [0.3, 0.4) is 0 Å². The maximum absolute atomic E-state index is 12.0. The Hall–Kier alpha value is -1.14. The van der Waals surface area contributed by atoms with Crippen molar-refractivity contribution < 1.29 is 19.4 Å². The lowest BCUT2D eigenvalue weighted by Gasteiger charge is -2.20. The third kappa shape index (κ3) is 6.44. The molecule has 0 aromatic rings. The van der Waals surface area contributed by atoms with Gasteiger partial charge in [-0.05, 0) is 31.1 Å². The van der Waals surface area contributed by atoms with E-state index in [1.54, 1.807) is 7.11 Å². The highest BCUT2D eigenvalue weighted by Crippen LogP contribution is 2.20. The van der Waals surface area contributed by atoms with E-state index in [9.17, 15) is 9.59 Å². The average molecular weight is 300 g/mol. The molecule has 6 heteroatoms. The summed E-state index contributed by atoms with van der Waals surface area (Å²) in [6.07, 6.45) is 2.48. The number of aliphatic carboxylic acids is 1. The fourth-order valence-electron chi connectivity index (χ4n) is 2.71. The largest absolute Gasteiger partial charge is 0.481 e. The van der Waals surface area contributed by atoms with Gasteiger partial charge in [0.2, 0.25) is 5.91 Å². The fraction of sp³-hybridized carbons (Fsp3) is 0.867. The van der Waals surface area contributed by atoms with E-state index in [4.69, 9.17) is 9.84 Å². The molecule has 0 aromatic carbocycles. The SMILES string of the molecule is COC1CNC(C(=O)NCCC(CCC(=O)O)C(C)C)C1. The van der Waals surface area contributed by atoms with Crippen LogP contribution in [-0.4, -0.2) is 49.3 Å². The number of hydrogen-bond acceptors (Lipinski definition) is 4. The molecule has 1 fully saturated rings. The lowest BCUT2D eigenvalue weighted by molar-refractivity contribution is -0.137. The van der Waals surface area contributed by atoms with E-state index in [2.05, 4.69) is 24.5 Å². The zero-order valence-electron chi connectivity index (χ0n) is 13.2. The van der Waals surface area contributed by atoms with Gasteiger partial charge in [0.15, 0.2) is 0 Å². The van der Waals surface area contributed by atoms with Crippen LogP contribution in [0.1, 0.15) is 39.5 Å². The molecule has 1 amide bonds. The molecule has 1 aliphatic heterocycles. The lowest BCUT2D eigenvalue weighted by Crippen LogP contribution is -2.41. The monoisotopic (exact) mass is 300 g/mol. The van der Waals surface area contributed by atoms with Gasteiger partial charge < -0.3 is 20.5 Å². The van der Waals surface area contributed by atoms with Gasteiger partial charge in [0.05, 0.1) is 12.1 Å². The second kappa shape index (κ2) is 9.00. The summed E-state index contributed by atoms with van der Waals surface area (Å²) in [5.41, 5.74) is 0. The van der Waals surface area contributed by atoms with E-state index in [1.807, 2.05) is 0 Å². The van der Waals surface area contributed by atoms with Gasteiger partial charge in [0.1, 0.15) is 0 Å². The van der Waals surface area contributed by atoms with Crippen LogP contribution in [0.4, 0.5) is 0 Å². The summed E-state index contributed by atoms with van der Waals surface area (Å²) < 4.78 is 5.22. The van der Waals surface area contributed by atoms with Crippen molar-refractivity contribution in [3.63, 3.8) is 0 Å². The smallest absolute Gasteiger partial charge is 0.303 e. The molecule has 0 radical (unpaired) electrons. The Morgan fingerprint density at radius 2 is 2.10 bits per heavy atom. The Morgan fingerprint density at radius 3 is 2.62 bits per heavy atom. The first-order valence-corrected chi connectivity index (χ1v) is 7.69. The summed E-state index contributed by atoms with van der Waals surface area (Å²) in [7, 11) is 1.66. The zero-order chi connectivity index (χ0) is 15.8. The number of amides is 1. The van der Waals surface area contributed by atoms with Crippen LogP contribution in [-0.2, 0) is 14.3 Å². The summed E-state index contributed by atoms with van der Waals surface area (Å²) in [6, 6.07) is -0.175. The molecule has 1 rings (SSSR count). The number of carbonyl (C=O) groups excluding carboxylic acids is 1. The van der Waals surface area contributed by atoms with Crippen LogP contribution < -0.4 is 10.6 Å². The van der Waals surface area contributed by atoms with Crippen LogP contribution in [0.15, 0.2) is 0 Å². The first-order chi connectivity index (χ1) is 9.93. The normalized spacial score (nSPS) is 23.2. The van der Waals surface area contributed by atoms with Gasteiger partial charge in [-0.1, -0.05) is 13.8 Å². The molecule has 3 atom stereocenters. The summed E-state index contributed by atoms with van der Waals surface area (Å²) in [5.74, 6) is -0.00544. The van der Waals surface area contributed by atoms with Crippen molar-refractivity contribution in [2.24, 2.45) is 11.8 Å². The van der Waals surface area contributed by atoms with E-state index in [-0.39, 0.29) is 24.5 Å². The standard InChI is InChI=1S/C15H28N2O4/c1-10(2)11(4-5-14(18)19)6-7-16-15(20)13-8-12(21-3)9-17-13/h10-13,17H,4-9H2,1-3H3,(H,16,20)(H,18,19). The molecule has 21 heavy (non-hydrogen) atoms. The molecule has 122 valence electrons. The minimum Gasteiger partial charge on any atom is -0.481 e. The minimum atomic E-state index is -0.759. The summed E-state index contributed by atoms with van der Waals surface area (Å²) in [6.45, 7) is 5.49. The summed E-state index contributed by atoms with van der Waals surface area (Å²) in [5, 5.41) is 14.8. The maximum atomic E-state index is 12.0. The second-order valence-electron chi connectivity index (χ2n) is 6.07. The number of methoxy groups -OCH3 is 1. The van der Waals surface area contributed by atoms with Gasteiger partial charge in [0, 0.05) is 26.6 Å². The van der Waals surface area contributed by atoms with E-state index in [1.165, 1.54) is 0 Å². The maximum Gasteiger partial charge on any atom is 0.303 e. The van der Waals surface area contributed by atoms with Crippen molar-refractivity contribution in [1.29, 1.82) is 0 Å². The topological polar surface area (TPSA) is 87.7 Å². The Kier molecular flexibility index (Phi) is 7.67. The van der Waals surface area contributed by atoms with E-state index in [0.717, 1.165) is 6.42 Å². The average Bonchev–Trinajstić information content (AvgIpc) is 2.90. The number of hydrogen-bond donors (Lipinski definition) is 3. The first-order valence-electron chi connectivity index (χ1n) is 7.69. The van der Waals surface area contributed by atoms with E-state index < -0.39 is 5.97 Å². The van der Waals surface area contributed by atoms with Gasteiger partial charge >= 0.3 is 5.97 Å². The number of carboxylic acids is 1. The summed E-state index contributed by atoms with van der Waals surface area (Å²) in [4.78, 5) is 22.7. The number of nitrogens with one attached hydrogen (secondary N) is 2. The minimum absolute atomic E-state index is 0.00953. The third-order valence-electron chi connectivity index (χ3n) is 4.23. The van der Waals surface area contributed by atoms with Crippen LogP contribution in [0.2, 0.25) is 0 Å². The lowest BCUT2D eigenvalue weighted by atomic mass is 9.88. The van der Waals surface area contributed by atoms with Crippen LogP contribution in [0, 0.1) is 11.8 Å². The fourth-order valence-corrected chi connectivity index (χ4v) is 2.71. The Morgan fingerprint density at radius 1 is 1.38 bits per heavy atom. The number of carboxylic acid groups (broad SMARTS) is 1. The van der Waals surface area contributed by atoms with Crippen molar-refractivity contribution in [3.05, 3.63) is 0 Å². The number of ether oxygens (including phenoxy) is 1. The highest BCUT2D eigenvalue weighted by atomic mass is 16.5. The molecule has 3 unspecified atom stereocenters. The second-order valence-corrected chi connectivity index (χ2v) is 6.07. The molecule has 0 aromatic heterocycles. The van der Waals surface area contributed by atoms with Crippen LogP contribution in [0.5, 0.6) is 0 Å². The van der Waals surface area contributed by atoms with Gasteiger partial charge in [-0.2, -0.15) is 0 Å². The van der Waals surface area contributed by atoms with E-state index >= 15 is 0 Å². The van der Waals surface area contributed by atoms with Crippen LogP contribution in [0.25, 0.3) is 0 Å². The molecule has 1 heterocycles. The molecule has 0 spiro atoms. The number of carbonyl (C=O) groups is 2. The van der Waals surface area contributed by atoms with Crippen molar-refractivity contribution in [3.8, 4) is 0 Å². The molecular formula is C15H28N2O4. The molecule has 3 N–H and O–H groups in total. The molecule has 1 aliphatic rings. The molecule has 1 saturated heterocycles. The molecule has 0 saturated carbocycles. The zero-order valence-corrected chi connectivity index (χ0v) is 13.2. The van der Waals surface area contributed by atoms with Crippen LogP contribution >= 0.6 is 0 Å². The molecule has 0 bridgehead atoms. The van der Waals surface area contributed by atoms with Crippen molar-refractivity contribution >= 4 is 11.9 Å². The van der Waals surface area contributed by atoms with Gasteiger partial charge in [0.25, 0.3) is 0 Å². The first kappa shape index (κ1) is 17.9. The van der Waals surface area contributed by atoms with Crippen molar-refractivity contribution in [2.45, 2.75) is 51.7 Å². The highest BCUT2D eigenvalue weighted by molar-refractivity contribution is 5.82. The predicted octanol–water partition coefficient (Wildman–Crippen LogP) is 1.01. The highest BCUT2D eigenvalue weighted by Gasteiger charge is 2.29. The quantitative estimate of drug-likeness (QED) is 0.591. The predicted molar refractivity (Wildman–Crippen MR) is 80.0 cm³/mol. The molecule has 0 aliphatic carbocycles. The van der Waals surface area contributed by atoms with Crippen molar-refractivity contribution in [1.82, 2.24) is 10.6 Å². The summed E-state index contributed by atoms with van der Waals surface area (Å²) >= 11 is 0. The van der Waals surface area contributed by atoms with Gasteiger partial charge in [-0.25, -0.2) is 0 Å². The Labute approximate surface area is 126 Å². The number of rotatable bonds is 9. The molecule has 6 nitrogen and oxygen atoms in total. The Bertz CT molecular complexity index is 347. The van der Waals surface area contributed by atoms with Crippen molar-refractivity contribution in [2.75, 3.05) is 20.2 Å². The Balaban J connectivity index is 2.26. The van der Waals surface area contributed by atoms with Gasteiger partial charge in [-0.3, -0.25) is 9.59 Å². The van der Waals surface area contributed by atoms with Gasteiger partial charge in [-0.15, -0.1) is 0 Å². The molecular weight excluding hydrogens is 272 g/mol. The van der Waals surface area contributed by atoms with E-state index in [0.29, 0.717) is 37.8 Å². The third-order valence-corrected chi connectivity index (χ3v) is 4.23.